The van der Waals surface area contributed by atoms with Gasteiger partial charge in [0.1, 0.15) is 11.4 Å². The molecule has 29 heavy (non-hydrogen) atoms. The topological polar surface area (TPSA) is 82.6 Å². The molecule has 1 amide bonds. The SMILES string of the molecule is CCOc1ccc2cc(C(=O)N3CCC(C(=O)O)(c4ccccc4)CC3)[nH]c2c1. The predicted molar refractivity (Wildman–Crippen MR) is 110 cm³/mol. The fourth-order valence-electron chi connectivity index (χ4n) is 4.12. The molecule has 0 unspecified atom stereocenters. The number of ether oxygens (including phenoxy) is 1. The third-order valence-corrected chi connectivity index (χ3v) is 5.78. The zero-order valence-corrected chi connectivity index (χ0v) is 16.4. The number of carbonyl (C=O) groups excluding carboxylic acids is 1. The summed E-state index contributed by atoms with van der Waals surface area (Å²) in [5.74, 6) is -0.177. The highest BCUT2D eigenvalue weighted by Crippen LogP contribution is 2.36. The summed E-state index contributed by atoms with van der Waals surface area (Å²) in [6, 6.07) is 16.9. The van der Waals surface area contributed by atoms with E-state index in [1.807, 2.05) is 61.5 Å². The lowest BCUT2D eigenvalue weighted by Crippen LogP contribution is -2.49. The van der Waals surface area contributed by atoms with Gasteiger partial charge in [0.2, 0.25) is 0 Å². The van der Waals surface area contributed by atoms with E-state index in [2.05, 4.69) is 4.98 Å². The first kappa shape index (κ1) is 19.1. The van der Waals surface area contributed by atoms with Crippen LogP contribution in [0.3, 0.4) is 0 Å². The Morgan fingerprint density at radius 3 is 2.48 bits per heavy atom. The summed E-state index contributed by atoms with van der Waals surface area (Å²) in [6.07, 6.45) is 0.791. The van der Waals surface area contributed by atoms with Gasteiger partial charge in [0, 0.05) is 30.1 Å². The molecule has 1 saturated heterocycles. The van der Waals surface area contributed by atoms with Gasteiger partial charge in [0.05, 0.1) is 12.0 Å². The zero-order chi connectivity index (χ0) is 20.4. The molecule has 2 N–H and O–H groups in total. The van der Waals surface area contributed by atoms with Crippen LogP contribution in [0.15, 0.2) is 54.6 Å². The van der Waals surface area contributed by atoms with Crippen LogP contribution < -0.4 is 4.74 Å². The van der Waals surface area contributed by atoms with E-state index in [-0.39, 0.29) is 5.91 Å². The van der Waals surface area contributed by atoms with Gasteiger partial charge in [-0.2, -0.15) is 0 Å². The van der Waals surface area contributed by atoms with Crippen molar-refractivity contribution in [3.8, 4) is 5.75 Å². The van der Waals surface area contributed by atoms with Crippen LogP contribution in [0, 0.1) is 0 Å². The maximum absolute atomic E-state index is 13.0. The molecule has 1 aliphatic heterocycles. The Morgan fingerprint density at radius 1 is 1.10 bits per heavy atom. The van der Waals surface area contributed by atoms with E-state index in [9.17, 15) is 14.7 Å². The molecule has 0 saturated carbocycles. The first-order chi connectivity index (χ1) is 14.0. The first-order valence-electron chi connectivity index (χ1n) is 9.87. The molecule has 150 valence electrons. The number of fused-ring (bicyclic) bond motifs is 1. The Labute approximate surface area is 169 Å². The van der Waals surface area contributed by atoms with E-state index >= 15 is 0 Å². The number of aliphatic carboxylic acids is 1. The van der Waals surface area contributed by atoms with E-state index in [1.54, 1.807) is 4.90 Å². The van der Waals surface area contributed by atoms with Gasteiger partial charge in [-0.3, -0.25) is 9.59 Å². The number of benzene rings is 2. The molecular weight excluding hydrogens is 368 g/mol. The van der Waals surface area contributed by atoms with Crippen LogP contribution in [-0.4, -0.2) is 46.6 Å². The van der Waals surface area contributed by atoms with Crippen LogP contribution in [0.25, 0.3) is 10.9 Å². The van der Waals surface area contributed by atoms with Crippen LogP contribution in [0.4, 0.5) is 0 Å². The van der Waals surface area contributed by atoms with Crippen molar-refractivity contribution >= 4 is 22.8 Å². The molecule has 2 heterocycles. The normalized spacial score (nSPS) is 16.0. The number of piperidine rings is 1. The summed E-state index contributed by atoms with van der Waals surface area (Å²) in [7, 11) is 0. The number of nitrogens with zero attached hydrogens (tertiary/aromatic N) is 1. The number of aromatic amines is 1. The standard InChI is InChI=1S/C23H24N2O4/c1-2-29-18-9-8-16-14-20(24-19(16)15-18)21(26)25-12-10-23(11-13-25,22(27)28)17-6-4-3-5-7-17/h3-9,14-15,24H,2,10-13H2,1H3,(H,27,28). The van der Waals surface area contributed by atoms with Crippen LogP contribution in [0.5, 0.6) is 5.75 Å². The molecule has 0 aliphatic carbocycles. The molecule has 1 aliphatic rings. The first-order valence-corrected chi connectivity index (χ1v) is 9.87. The van der Waals surface area contributed by atoms with Crippen LogP contribution in [0.2, 0.25) is 0 Å². The van der Waals surface area contributed by atoms with E-state index in [0.717, 1.165) is 22.2 Å². The maximum Gasteiger partial charge on any atom is 0.314 e. The molecule has 0 spiro atoms. The number of hydrogen-bond donors (Lipinski definition) is 2. The molecule has 0 atom stereocenters. The van der Waals surface area contributed by atoms with Gasteiger partial charge in [0.25, 0.3) is 5.91 Å². The lowest BCUT2D eigenvalue weighted by atomic mass is 9.73. The second-order valence-electron chi connectivity index (χ2n) is 7.41. The second kappa shape index (κ2) is 7.62. The van der Waals surface area contributed by atoms with Crippen LogP contribution in [-0.2, 0) is 10.2 Å². The highest BCUT2D eigenvalue weighted by Gasteiger charge is 2.44. The predicted octanol–water partition coefficient (Wildman–Crippen LogP) is 3.83. The molecule has 0 radical (unpaired) electrons. The highest BCUT2D eigenvalue weighted by molar-refractivity contribution is 5.98. The smallest absolute Gasteiger partial charge is 0.314 e. The summed E-state index contributed by atoms with van der Waals surface area (Å²) in [5, 5.41) is 10.9. The van der Waals surface area contributed by atoms with Crippen LogP contribution in [0.1, 0.15) is 35.8 Å². The van der Waals surface area contributed by atoms with Crippen molar-refractivity contribution in [1.29, 1.82) is 0 Å². The molecule has 3 aromatic rings. The van der Waals surface area contributed by atoms with Gasteiger partial charge < -0.3 is 19.7 Å². The van der Waals surface area contributed by atoms with Gasteiger partial charge in [-0.05, 0) is 43.5 Å². The fourth-order valence-corrected chi connectivity index (χ4v) is 4.12. The lowest BCUT2D eigenvalue weighted by molar-refractivity contribution is -0.145. The number of carbonyl (C=O) groups is 2. The second-order valence-corrected chi connectivity index (χ2v) is 7.41. The molecule has 0 bridgehead atoms. The van der Waals surface area contributed by atoms with Crippen molar-refractivity contribution in [3.63, 3.8) is 0 Å². The monoisotopic (exact) mass is 392 g/mol. The van der Waals surface area contributed by atoms with E-state index in [4.69, 9.17) is 4.74 Å². The third kappa shape index (κ3) is 3.46. The molecule has 2 aromatic carbocycles. The maximum atomic E-state index is 13.0. The van der Waals surface area contributed by atoms with Crippen molar-refractivity contribution in [2.24, 2.45) is 0 Å². The number of carboxylic acids is 1. The van der Waals surface area contributed by atoms with Crippen molar-refractivity contribution in [2.75, 3.05) is 19.7 Å². The number of aromatic nitrogens is 1. The van der Waals surface area contributed by atoms with Gasteiger partial charge in [-0.1, -0.05) is 30.3 Å². The number of hydrogen-bond acceptors (Lipinski definition) is 3. The van der Waals surface area contributed by atoms with Crippen LogP contribution >= 0.6 is 0 Å². The van der Waals surface area contributed by atoms with Gasteiger partial charge in [-0.15, -0.1) is 0 Å². The average molecular weight is 392 g/mol. The quantitative estimate of drug-likeness (QED) is 0.691. The number of nitrogens with one attached hydrogen (secondary N) is 1. The van der Waals surface area contributed by atoms with Gasteiger partial charge >= 0.3 is 5.97 Å². The van der Waals surface area contributed by atoms with E-state index in [1.165, 1.54) is 0 Å². The third-order valence-electron chi connectivity index (χ3n) is 5.78. The highest BCUT2D eigenvalue weighted by atomic mass is 16.5. The fraction of sp³-hybridized carbons (Fsp3) is 0.304. The average Bonchev–Trinajstić information content (AvgIpc) is 3.17. The molecule has 6 nitrogen and oxygen atoms in total. The Bertz CT molecular complexity index is 1030. The Balaban J connectivity index is 1.53. The van der Waals surface area contributed by atoms with Crippen molar-refractivity contribution in [2.45, 2.75) is 25.2 Å². The minimum Gasteiger partial charge on any atom is -0.494 e. The zero-order valence-electron chi connectivity index (χ0n) is 16.4. The van der Waals surface area contributed by atoms with E-state index in [0.29, 0.717) is 38.2 Å². The number of carboxylic acid groups (broad SMARTS) is 1. The molecule has 1 aromatic heterocycles. The van der Waals surface area contributed by atoms with Crippen molar-refractivity contribution in [1.82, 2.24) is 9.88 Å². The largest absolute Gasteiger partial charge is 0.494 e. The Kier molecular flexibility index (Phi) is 5.01. The van der Waals surface area contributed by atoms with E-state index < -0.39 is 11.4 Å². The summed E-state index contributed by atoms with van der Waals surface area (Å²) in [4.78, 5) is 30.0. The minimum absolute atomic E-state index is 0.105. The summed E-state index contributed by atoms with van der Waals surface area (Å²) < 4.78 is 5.52. The number of likely N-dealkylation sites (tertiary alicyclic amines) is 1. The summed E-state index contributed by atoms with van der Waals surface area (Å²) in [5.41, 5.74) is 1.22. The number of amides is 1. The lowest BCUT2D eigenvalue weighted by Gasteiger charge is -2.39. The minimum atomic E-state index is -0.940. The summed E-state index contributed by atoms with van der Waals surface area (Å²) >= 11 is 0. The number of rotatable bonds is 5. The molecular formula is C23H24N2O4. The van der Waals surface area contributed by atoms with Crippen molar-refractivity contribution < 1.29 is 19.4 Å². The molecule has 4 rings (SSSR count). The van der Waals surface area contributed by atoms with Gasteiger partial charge in [0.15, 0.2) is 0 Å². The Hall–Kier alpha value is -3.28. The molecule has 1 fully saturated rings. The summed E-state index contributed by atoms with van der Waals surface area (Å²) in [6.45, 7) is 3.31. The molecule has 6 heteroatoms. The Morgan fingerprint density at radius 2 is 1.83 bits per heavy atom. The van der Waals surface area contributed by atoms with Gasteiger partial charge in [-0.25, -0.2) is 0 Å². The number of H-pyrrole nitrogens is 1. The van der Waals surface area contributed by atoms with Crippen molar-refractivity contribution in [3.05, 3.63) is 65.9 Å².